The first-order valence-electron chi connectivity index (χ1n) is 5.77. The number of rotatable bonds is 4. The minimum absolute atomic E-state index is 0.212. The third-order valence-electron chi connectivity index (χ3n) is 2.67. The van der Waals surface area contributed by atoms with E-state index in [0.29, 0.717) is 6.54 Å². The second kappa shape index (κ2) is 5.32. The highest BCUT2D eigenvalue weighted by Gasteiger charge is 2.07. The Balaban J connectivity index is 2.12. The summed E-state index contributed by atoms with van der Waals surface area (Å²) in [5, 5.41) is 12.5. The fourth-order valence-corrected chi connectivity index (χ4v) is 2.37. The third kappa shape index (κ3) is 3.72. The monoisotopic (exact) mass is 277 g/mol. The molecular weight excluding hydrogens is 262 g/mol. The first-order chi connectivity index (χ1) is 8.95. The number of benzene rings is 2. The lowest BCUT2D eigenvalue weighted by molar-refractivity contribution is 0.474. The van der Waals surface area contributed by atoms with Crippen LogP contribution in [-0.4, -0.2) is 19.8 Å². The van der Waals surface area contributed by atoms with E-state index in [1.54, 1.807) is 42.5 Å². The normalized spacial score (nSPS) is 11.2. The van der Waals surface area contributed by atoms with Gasteiger partial charge in [-0.05, 0) is 35.9 Å². The Kier molecular flexibility index (Phi) is 3.76. The Labute approximate surface area is 112 Å². The van der Waals surface area contributed by atoms with Crippen LogP contribution in [0, 0.1) is 0 Å². The van der Waals surface area contributed by atoms with Gasteiger partial charge in [0.15, 0.2) is 9.84 Å². The maximum Gasteiger partial charge on any atom is 0.175 e. The highest BCUT2D eigenvalue weighted by Crippen LogP contribution is 2.17. The van der Waals surface area contributed by atoms with Gasteiger partial charge in [0, 0.05) is 18.5 Å². The molecule has 0 saturated carbocycles. The molecule has 0 unspecified atom stereocenters. The van der Waals surface area contributed by atoms with Gasteiger partial charge in [-0.2, -0.15) is 0 Å². The molecule has 0 spiro atoms. The van der Waals surface area contributed by atoms with Gasteiger partial charge in [0.05, 0.1) is 4.90 Å². The van der Waals surface area contributed by atoms with Crippen LogP contribution in [0.4, 0.5) is 5.69 Å². The van der Waals surface area contributed by atoms with Gasteiger partial charge in [-0.25, -0.2) is 8.42 Å². The summed E-state index contributed by atoms with van der Waals surface area (Å²) in [5.74, 6) is 0.212. The fourth-order valence-electron chi connectivity index (χ4n) is 1.71. The van der Waals surface area contributed by atoms with E-state index in [2.05, 4.69) is 5.32 Å². The first-order valence-corrected chi connectivity index (χ1v) is 7.66. The fraction of sp³-hybridized carbons (Fsp3) is 0.143. The molecule has 0 amide bonds. The topological polar surface area (TPSA) is 66.4 Å². The van der Waals surface area contributed by atoms with E-state index in [1.165, 1.54) is 6.26 Å². The Morgan fingerprint density at radius 1 is 1.11 bits per heavy atom. The SMILES string of the molecule is CS(=O)(=O)c1cccc(NCc2cccc(O)c2)c1. The number of sulfone groups is 1. The summed E-state index contributed by atoms with van der Waals surface area (Å²) in [6, 6.07) is 13.6. The van der Waals surface area contributed by atoms with E-state index in [-0.39, 0.29) is 10.6 Å². The van der Waals surface area contributed by atoms with Crippen LogP contribution in [0.2, 0.25) is 0 Å². The molecule has 0 bridgehead atoms. The molecule has 2 aromatic carbocycles. The minimum atomic E-state index is -3.19. The van der Waals surface area contributed by atoms with E-state index in [4.69, 9.17) is 0 Å². The third-order valence-corrected chi connectivity index (χ3v) is 3.78. The number of phenols is 1. The van der Waals surface area contributed by atoms with Crippen LogP contribution >= 0.6 is 0 Å². The van der Waals surface area contributed by atoms with Crippen molar-refractivity contribution >= 4 is 15.5 Å². The van der Waals surface area contributed by atoms with Gasteiger partial charge in [-0.15, -0.1) is 0 Å². The Bertz CT molecular complexity index is 681. The van der Waals surface area contributed by atoms with Crippen molar-refractivity contribution in [2.75, 3.05) is 11.6 Å². The van der Waals surface area contributed by atoms with E-state index < -0.39 is 9.84 Å². The summed E-state index contributed by atoms with van der Waals surface area (Å²) in [7, 11) is -3.19. The Morgan fingerprint density at radius 3 is 2.53 bits per heavy atom. The molecule has 0 saturated heterocycles. The Hall–Kier alpha value is -2.01. The molecule has 0 radical (unpaired) electrons. The van der Waals surface area contributed by atoms with Crippen molar-refractivity contribution in [3.05, 3.63) is 54.1 Å². The van der Waals surface area contributed by atoms with E-state index in [0.717, 1.165) is 11.3 Å². The largest absolute Gasteiger partial charge is 0.508 e. The molecule has 0 aliphatic heterocycles. The van der Waals surface area contributed by atoms with Crippen LogP contribution in [0.3, 0.4) is 0 Å². The summed E-state index contributed by atoms with van der Waals surface area (Å²) in [6.45, 7) is 0.515. The lowest BCUT2D eigenvalue weighted by Crippen LogP contribution is -2.02. The average molecular weight is 277 g/mol. The highest BCUT2D eigenvalue weighted by molar-refractivity contribution is 7.90. The molecule has 4 nitrogen and oxygen atoms in total. The molecule has 0 aromatic heterocycles. The summed E-state index contributed by atoms with van der Waals surface area (Å²) < 4.78 is 22.9. The molecule has 2 aromatic rings. The smallest absolute Gasteiger partial charge is 0.175 e. The van der Waals surface area contributed by atoms with Crippen LogP contribution < -0.4 is 5.32 Å². The zero-order valence-corrected chi connectivity index (χ0v) is 11.3. The van der Waals surface area contributed by atoms with Crippen LogP contribution in [0.25, 0.3) is 0 Å². The van der Waals surface area contributed by atoms with Gasteiger partial charge in [-0.3, -0.25) is 0 Å². The number of hydrogen-bond acceptors (Lipinski definition) is 4. The van der Waals surface area contributed by atoms with Gasteiger partial charge in [0.1, 0.15) is 5.75 Å². The average Bonchev–Trinajstić information content (AvgIpc) is 2.36. The van der Waals surface area contributed by atoms with Gasteiger partial charge in [0.25, 0.3) is 0 Å². The van der Waals surface area contributed by atoms with Crippen molar-refractivity contribution in [3.8, 4) is 5.75 Å². The molecule has 0 aliphatic rings. The van der Waals surface area contributed by atoms with E-state index in [9.17, 15) is 13.5 Å². The second-order valence-corrected chi connectivity index (χ2v) is 6.34. The maximum atomic E-state index is 11.4. The zero-order chi connectivity index (χ0) is 13.9. The number of anilines is 1. The minimum Gasteiger partial charge on any atom is -0.508 e. The predicted molar refractivity (Wildman–Crippen MR) is 75.0 cm³/mol. The number of hydrogen-bond donors (Lipinski definition) is 2. The molecule has 0 atom stereocenters. The van der Waals surface area contributed by atoms with E-state index >= 15 is 0 Å². The standard InChI is InChI=1S/C14H15NO3S/c1-19(17,18)14-7-3-5-12(9-14)15-10-11-4-2-6-13(16)8-11/h2-9,15-16H,10H2,1H3. The summed E-state index contributed by atoms with van der Waals surface area (Å²) >= 11 is 0. The van der Waals surface area contributed by atoms with Gasteiger partial charge >= 0.3 is 0 Å². The molecule has 2 N–H and O–H groups in total. The van der Waals surface area contributed by atoms with Crippen molar-refractivity contribution in [1.82, 2.24) is 0 Å². The molecule has 100 valence electrons. The van der Waals surface area contributed by atoms with Crippen LogP contribution in [0.5, 0.6) is 5.75 Å². The van der Waals surface area contributed by atoms with Crippen molar-refractivity contribution in [2.45, 2.75) is 11.4 Å². The number of aromatic hydroxyl groups is 1. The molecular formula is C14H15NO3S. The molecule has 0 aliphatic carbocycles. The van der Waals surface area contributed by atoms with Crippen LogP contribution in [0.15, 0.2) is 53.4 Å². The van der Waals surface area contributed by atoms with Crippen LogP contribution in [0.1, 0.15) is 5.56 Å². The summed E-state index contributed by atoms with van der Waals surface area (Å²) in [4.78, 5) is 0.286. The zero-order valence-electron chi connectivity index (χ0n) is 10.5. The lowest BCUT2D eigenvalue weighted by Gasteiger charge is -2.08. The van der Waals surface area contributed by atoms with Gasteiger partial charge in [-0.1, -0.05) is 18.2 Å². The summed E-state index contributed by atoms with van der Waals surface area (Å²) in [5.41, 5.74) is 1.65. The first kappa shape index (κ1) is 13.4. The summed E-state index contributed by atoms with van der Waals surface area (Å²) in [6.07, 6.45) is 1.18. The van der Waals surface area contributed by atoms with Crippen molar-refractivity contribution in [3.63, 3.8) is 0 Å². The molecule has 19 heavy (non-hydrogen) atoms. The molecule has 0 heterocycles. The molecule has 0 fully saturated rings. The van der Waals surface area contributed by atoms with Crippen LogP contribution in [-0.2, 0) is 16.4 Å². The Morgan fingerprint density at radius 2 is 1.84 bits per heavy atom. The highest BCUT2D eigenvalue weighted by atomic mass is 32.2. The molecule has 2 rings (SSSR count). The number of phenolic OH excluding ortho intramolecular Hbond substituents is 1. The quantitative estimate of drug-likeness (QED) is 0.900. The molecule has 5 heteroatoms. The predicted octanol–water partition coefficient (Wildman–Crippen LogP) is 2.41. The van der Waals surface area contributed by atoms with E-state index in [1.807, 2.05) is 6.07 Å². The van der Waals surface area contributed by atoms with Gasteiger partial charge in [0.2, 0.25) is 0 Å². The van der Waals surface area contributed by atoms with Crippen molar-refractivity contribution < 1.29 is 13.5 Å². The lowest BCUT2D eigenvalue weighted by atomic mass is 10.2. The van der Waals surface area contributed by atoms with Crippen molar-refractivity contribution in [2.24, 2.45) is 0 Å². The van der Waals surface area contributed by atoms with Crippen molar-refractivity contribution in [1.29, 1.82) is 0 Å². The maximum absolute atomic E-state index is 11.4. The van der Waals surface area contributed by atoms with Gasteiger partial charge < -0.3 is 10.4 Å². The second-order valence-electron chi connectivity index (χ2n) is 4.32. The number of nitrogens with one attached hydrogen (secondary N) is 1.